The van der Waals surface area contributed by atoms with Crippen molar-refractivity contribution in [3.05, 3.63) is 53.4 Å². The zero-order valence-electron chi connectivity index (χ0n) is 18.4. The van der Waals surface area contributed by atoms with Gasteiger partial charge in [-0.1, -0.05) is 18.2 Å². The third-order valence-corrected chi connectivity index (χ3v) is 6.67. The largest absolute Gasteiger partial charge is 0.330 e. The number of carbonyl (C=O) groups is 1. The number of benzene rings is 1. The molecule has 160 valence electrons. The summed E-state index contributed by atoms with van der Waals surface area (Å²) < 4.78 is 1.95. The standard InChI is InChI=1S/C24H33N5O/c1-20-23(21(2)29(25-20)22-8-4-3-5-9-22)10-11-24(30)28-18-16-27(17-19-28)15-14-26-12-6-7-13-26/h3-5,8-11H,6-7,12-19H2,1-2H3/p+2/b11-10+. The van der Waals surface area contributed by atoms with Crippen molar-refractivity contribution in [2.45, 2.75) is 26.7 Å². The van der Waals surface area contributed by atoms with E-state index in [1.807, 2.05) is 52.9 Å². The van der Waals surface area contributed by atoms with E-state index in [1.54, 1.807) is 15.9 Å². The number of nitrogens with zero attached hydrogens (tertiary/aromatic N) is 3. The highest BCUT2D eigenvalue weighted by Crippen LogP contribution is 2.19. The van der Waals surface area contributed by atoms with Gasteiger partial charge in [0.15, 0.2) is 0 Å². The lowest BCUT2D eigenvalue weighted by molar-refractivity contribution is -0.954. The second-order valence-electron chi connectivity index (χ2n) is 8.70. The van der Waals surface area contributed by atoms with Crippen LogP contribution in [0, 0.1) is 13.8 Å². The molecular weight excluding hydrogens is 374 g/mol. The topological polar surface area (TPSA) is 47.0 Å². The van der Waals surface area contributed by atoms with E-state index in [9.17, 15) is 4.79 Å². The van der Waals surface area contributed by atoms with Crippen LogP contribution in [-0.4, -0.2) is 72.9 Å². The van der Waals surface area contributed by atoms with Gasteiger partial charge in [-0.3, -0.25) is 4.79 Å². The highest BCUT2D eigenvalue weighted by atomic mass is 16.2. The molecule has 0 unspecified atom stereocenters. The Labute approximate surface area is 179 Å². The van der Waals surface area contributed by atoms with Crippen LogP contribution in [-0.2, 0) is 4.79 Å². The first-order chi connectivity index (χ1) is 14.6. The molecule has 2 aliphatic heterocycles. The molecule has 1 amide bonds. The number of aromatic nitrogens is 2. The smallest absolute Gasteiger partial charge is 0.246 e. The van der Waals surface area contributed by atoms with Gasteiger partial charge in [-0.15, -0.1) is 0 Å². The summed E-state index contributed by atoms with van der Waals surface area (Å²) in [5.74, 6) is 0.116. The van der Waals surface area contributed by atoms with E-state index in [0.29, 0.717) is 0 Å². The van der Waals surface area contributed by atoms with Crippen LogP contribution in [0.2, 0.25) is 0 Å². The number of piperazine rings is 1. The number of quaternary nitrogens is 2. The van der Waals surface area contributed by atoms with Crippen LogP contribution in [0.1, 0.15) is 29.8 Å². The average molecular weight is 410 g/mol. The summed E-state index contributed by atoms with van der Waals surface area (Å²) >= 11 is 0. The molecular formula is C24H35N5O+2. The number of rotatable bonds is 6. The first kappa shape index (κ1) is 20.8. The van der Waals surface area contributed by atoms with Crippen LogP contribution in [0.15, 0.2) is 36.4 Å². The highest BCUT2D eigenvalue weighted by Gasteiger charge is 2.24. The molecule has 6 heteroatoms. The van der Waals surface area contributed by atoms with Gasteiger partial charge < -0.3 is 14.7 Å². The Balaban J connectivity index is 1.32. The van der Waals surface area contributed by atoms with Crippen molar-refractivity contribution in [3.63, 3.8) is 0 Å². The minimum absolute atomic E-state index is 0.116. The number of hydrogen-bond donors (Lipinski definition) is 2. The minimum atomic E-state index is 0.116. The maximum atomic E-state index is 12.7. The molecule has 0 aliphatic carbocycles. The number of para-hydroxylation sites is 1. The van der Waals surface area contributed by atoms with E-state index < -0.39 is 0 Å². The second-order valence-corrected chi connectivity index (χ2v) is 8.70. The minimum Gasteiger partial charge on any atom is -0.330 e. The van der Waals surface area contributed by atoms with Crippen LogP contribution in [0.5, 0.6) is 0 Å². The Morgan fingerprint density at radius 3 is 2.30 bits per heavy atom. The Morgan fingerprint density at radius 1 is 1.00 bits per heavy atom. The van der Waals surface area contributed by atoms with Crippen LogP contribution >= 0.6 is 0 Å². The summed E-state index contributed by atoms with van der Waals surface area (Å²) in [7, 11) is 0. The van der Waals surface area contributed by atoms with E-state index in [2.05, 4.69) is 12.0 Å². The van der Waals surface area contributed by atoms with Crippen molar-refractivity contribution < 1.29 is 14.6 Å². The highest BCUT2D eigenvalue weighted by molar-refractivity contribution is 5.92. The number of nitrogens with one attached hydrogen (secondary N) is 2. The van der Waals surface area contributed by atoms with Crippen LogP contribution in [0.3, 0.4) is 0 Å². The molecule has 2 aromatic rings. The molecule has 2 fully saturated rings. The lowest BCUT2D eigenvalue weighted by atomic mass is 10.1. The average Bonchev–Trinajstić information content (AvgIpc) is 3.39. The molecule has 0 radical (unpaired) electrons. The van der Waals surface area contributed by atoms with E-state index in [4.69, 9.17) is 0 Å². The molecule has 30 heavy (non-hydrogen) atoms. The third-order valence-electron chi connectivity index (χ3n) is 6.67. The van der Waals surface area contributed by atoms with Crippen molar-refractivity contribution in [2.75, 3.05) is 52.4 Å². The predicted octanol–water partition coefficient (Wildman–Crippen LogP) is -0.0919. The van der Waals surface area contributed by atoms with Crippen molar-refractivity contribution in [2.24, 2.45) is 0 Å². The normalized spacial score (nSPS) is 18.5. The molecule has 4 rings (SSSR count). The van der Waals surface area contributed by atoms with Crippen LogP contribution in [0.25, 0.3) is 11.8 Å². The lowest BCUT2D eigenvalue weighted by Crippen LogP contribution is -3.21. The van der Waals surface area contributed by atoms with Gasteiger partial charge >= 0.3 is 0 Å². The number of likely N-dealkylation sites (tertiary alicyclic amines) is 1. The Bertz CT molecular complexity index is 875. The number of aryl methyl sites for hydroxylation is 1. The first-order valence-electron chi connectivity index (χ1n) is 11.4. The molecule has 1 aromatic heterocycles. The molecule has 0 spiro atoms. The predicted molar refractivity (Wildman–Crippen MR) is 119 cm³/mol. The first-order valence-corrected chi connectivity index (χ1v) is 11.4. The van der Waals surface area contributed by atoms with Crippen molar-refractivity contribution in [1.29, 1.82) is 0 Å². The lowest BCUT2D eigenvalue weighted by Gasteiger charge is -2.31. The molecule has 0 saturated carbocycles. The maximum Gasteiger partial charge on any atom is 0.246 e. The molecule has 3 heterocycles. The summed E-state index contributed by atoms with van der Waals surface area (Å²) in [6.45, 7) is 13.1. The van der Waals surface area contributed by atoms with Gasteiger partial charge in [0.2, 0.25) is 5.91 Å². The Hall–Kier alpha value is -2.44. The molecule has 2 aliphatic rings. The molecule has 1 aromatic carbocycles. The summed E-state index contributed by atoms with van der Waals surface area (Å²) in [5, 5.41) is 4.67. The van der Waals surface area contributed by atoms with Gasteiger partial charge in [-0.25, -0.2) is 4.68 Å². The quantitative estimate of drug-likeness (QED) is 0.655. The second kappa shape index (κ2) is 9.58. The fourth-order valence-corrected chi connectivity index (χ4v) is 4.75. The summed E-state index contributed by atoms with van der Waals surface area (Å²) in [5.41, 5.74) is 4.07. The summed E-state index contributed by atoms with van der Waals surface area (Å²) in [6, 6.07) is 10.1. The maximum absolute atomic E-state index is 12.7. The van der Waals surface area contributed by atoms with Gasteiger partial charge in [-0.2, -0.15) is 5.10 Å². The zero-order valence-corrected chi connectivity index (χ0v) is 18.4. The van der Waals surface area contributed by atoms with Crippen LogP contribution < -0.4 is 9.80 Å². The SMILES string of the molecule is Cc1nn(-c2ccccc2)c(C)c1/C=C/C(=O)N1CC[NH+](CC[NH+]2CCCC2)CC1. The molecule has 2 N–H and O–H groups in total. The number of amides is 1. The monoisotopic (exact) mass is 409 g/mol. The number of hydrogen-bond acceptors (Lipinski definition) is 2. The van der Waals surface area contributed by atoms with Gasteiger partial charge in [0.05, 0.1) is 50.6 Å². The van der Waals surface area contributed by atoms with E-state index >= 15 is 0 Å². The zero-order chi connectivity index (χ0) is 20.9. The van der Waals surface area contributed by atoms with E-state index in [0.717, 1.165) is 48.8 Å². The Kier molecular flexibility index (Phi) is 6.65. The van der Waals surface area contributed by atoms with E-state index in [-0.39, 0.29) is 5.91 Å². The van der Waals surface area contributed by atoms with E-state index in [1.165, 1.54) is 39.0 Å². The third kappa shape index (κ3) is 4.82. The fraction of sp³-hybridized carbons (Fsp3) is 0.500. The molecule has 6 nitrogen and oxygen atoms in total. The van der Waals surface area contributed by atoms with Crippen molar-refractivity contribution in [1.82, 2.24) is 14.7 Å². The van der Waals surface area contributed by atoms with Gasteiger partial charge in [0.25, 0.3) is 0 Å². The Morgan fingerprint density at radius 2 is 1.63 bits per heavy atom. The summed E-state index contributed by atoms with van der Waals surface area (Å²) in [6.07, 6.45) is 6.45. The fourth-order valence-electron chi connectivity index (χ4n) is 4.75. The molecule has 0 bridgehead atoms. The van der Waals surface area contributed by atoms with Gasteiger partial charge in [0.1, 0.15) is 13.1 Å². The van der Waals surface area contributed by atoms with Crippen LogP contribution in [0.4, 0.5) is 0 Å². The number of carbonyl (C=O) groups excluding carboxylic acids is 1. The van der Waals surface area contributed by atoms with Crippen molar-refractivity contribution in [3.8, 4) is 5.69 Å². The van der Waals surface area contributed by atoms with Crippen molar-refractivity contribution >= 4 is 12.0 Å². The summed E-state index contributed by atoms with van der Waals surface area (Å²) in [4.78, 5) is 18.2. The molecule has 0 atom stereocenters. The molecule has 2 saturated heterocycles. The van der Waals surface area contributed by atoms with Gasteiger partial charge in [-0.05, 0) is 32.1 Å². The van der Waals surface area contributed by atoms with Gasteiger partial charge in [0, 0.05) is 30.2 Å².